The molecule has 0 radical (unpaired) electrons. The second-order valence-corrected chi connectivity index (χ2v) is 8.55. The predicted molar refractivity (Wildman–Crippen MR) is 105 cm³/mol. The summed E-state index contributed by atoms with van der Waals surface area (Å²) in [5.41, 5.74) is 0. The van der Waals surface area contributed by atoms with Gasteiger partial charge < -0.3 is 9.64 Å². The minimum Gasteiger partial charge on any atom is -0.469 e. The molecule has 2 aliphatic rings. The van der Waals surface area contributed by atoms with Crippen LogP contribution < -0.4 is 0 Å². The standard InChI is InChI=1S/C22H39NO3/c1-4-5-9-18-11-13-19(14-12-18)22(25)23(16-15-21(24)26-3)20-10-7-6-8-17(20)2/h17-20H,4-16H2,1-3H3. The lowest BCUT2D eigenvalue weighted by molar-refractivity contribution is -0.145. The number of hydrogen-bond acceptors (Lipinski definition) is 3. The fourth-order valence-corrected chi connectivity index (χ4v) is 4.94. The Kier molecular flexibility index (Phi) is 8.94. The van der Waals surface area contributed by atoms with Gasteiger partial charge >= 0.3 is 5.97 Å². The summed E-state index contributed by atoms with van der Waals surface area (Å²) in [6, 6.07) is 0.304. The van der Waals surface area contributed by atoms with Crippen molar-refractivity contribution < 1.29 is 14.3 Å². The third-order valence-electron chi connectivity index (χ3n) is 6.70. The number of hydrogen-bond donors (Lipinski definition) is 0. The lowest BCUT2D eigenvalue weighted by atomic mass is 9.78. The van der Waals surface area contributed by atoms with Crippen molar-refractivity contribution >= 4 is 11.9 Å². The van der Waals surface area contributed by atoms with Crippen LogP contribution in [0.2, 0.25) is 0 Å². The van der Waals surface area contributed by atoms with Crippen LogP contribution in [0.25, 0.3) is 0 Å². The quantitative estimate of drug-likeness (QED) is 0.572. The van der Waals surface area contributed by atoms with E-state index < -0.39 is 0 Å². The molecule has 2 atom stereocenters. The molecule has 26 heavy (non-hydrogen) atoms. The van der Waals surface area contributed by atoms with Gasteiger partial charge in [-0.05, 0) is 50.4 Å². The fraction of sp³-hybridized carbons (Fsp3) is 0.909. The van der Waals surface area contributed by atoms with Crippen LogP contribution in [0, 0.1) is 17.8 Å². The van der Waals surface area contributed by atoms with Gasteiger partial charge in [0.25, 0.3) is 0 Å². The molecular weight excluding hydrogens is 326 g/mol. The number of carbonyl (C=O) groups excluding carboxylic acids is 2. The molecule has 4 nitrogen and oxygen atoms in total. The molecular formula is C22H39NO3. The molecule has 1 amide bonds. The molecule has 0 N–H and O–H groups in total. The number of esters is 1. The zero-order valence-electron chi connectivity index (χ0n) is 17.2. The number of rotatable bonds is 8. The SMILES string of the molecule is CCCCC1CCC(C(=O)N(CCC(=O)OC)C2CCCCC2C)CC1. The van der Waals surface area contributed by atoms with Crippen molar-refractivity contribution in [3.8, 4) is 0 Å². The van der Waals surface area contributed by atoms with Crippen LogP contribution in [-0.4, -0.2) is 36.5 Å². The van der Waals surface area contributed by atoms with Gasteiger partial charge in [0.2, 0.25) is 5.91 Å². The summed E-state index contributed by atoms with van der Waals surface area (Å²) in [5.74, 6) is 1.61. The summed E-state index contributed by atoms with van der Waals surface area (Å²) in [5, 5.41) is 0. The van der Waals surface area contributed by atoms with Gasteiger partial charge in [-0.3, -0.25) is 9.59 Å². The molecule has 150 valence electrons. The Morgan fingerprint density at radius 3 is 2.35 bits per heavy atom. The molecule has 0 aliphatic heterocycles. The predicted octanol–water partition coefficient (Wildman–Crippen LogP) is 4.95. The fourth-order valence-electron chi connectivity index (χ4n) is 4.94. The van der Waals surface area contributed by atoms with Gasteiger partial charge in [0.05, 0.1) is 13.5 Å². The van der Waals surface area contributed by atoms with E-state index in [-0.39, 0.29) is 11.9 Å². The van der Waals surface area contributed by atoms with Gasteiger partial charge in [-0.1, -0.05) is 46.0 Å². The highest BCUT2D eigenvalue weighted by Crippen LogP contribution is 2.35. The lowest BCUT2D eigenvalue weighted by Crippen LogP contribution is -2.49. The third-order valence-corrected chi connectivity index (χ3v) is 6.70. The van der Waals surface area contributed by atoms with Crippen LogP contribution in [0.5, 0.6) is 0 Å². The van der Waals surface area contributed by atoms with Crippen LogP contribution in [0.3, 0.4) is 0 Å². The number of unbranched alkanes of at least 4 members (excludes halogenated alkanes) is 1. The monoisotopic (exact) mass is 365 g/mol. The molecule has 2 saturated carbocycles. The third kappa shape index (κ3) is 5.99. The first-order chi connectivity index (χ1) is 12.6. The van der Waals surface area contributed by atoms with Gasteiger partial charge in [-0.25, -0.2) is 0 Å². The van der Waals surface area contributed by atoms with Crippen molar-refractivity contribution in [2.24, 2.45) is 17.8 Å². The van der Waals surface area contributed by atoms with Gasteiger partial charge in [-0.2, -0.15) is 0 Å². The molecule has 4 heteroatoms. The molecule has 0 aromatic rings. The number of nitrogens with zero attached hydrogens (tertiary/aromatic N) is 1. The van der Waals surface area contributed by atoms with Crippen LogP contribution >= 0.6 is 0 Å². The van der Waals surface area contributed by atoms with Crippen molar-refractivity contribution in [1.29, 1.82) is 0 Å². The van der Waals surface area contributed by atoms with Gasteiger partial charge in [0, 0.05) is 18.5 Å². The summed E-state index contributed by atoms with van der Waals surface area (Å²) >= 11 is 0. The highest BCUT2D eigenvalue weighted by atomic mass is 16.5. The van der Waals surface area contributed by atoms with Crippen molar-refractivity contribution in [3.63, 3.8) is 0 Å². The van der Waals surface area contributed by atoms with E-state index in [9.17, 15) is 9.59 Å². The van der Waals surface area contributed by atoms with Crippen LogP contribution in [0.15, 0.2) is 0 Å². The number of ether oxygens (including phenoxy) is 1. The second-order valence-electron chi connectivity index (χ2n) is 8.55. The molecule has 2 rings (SSSR count). The molecule has 0 aromatic carbocycles. The second kappa shape index (κ2) is 10.9. The van der Waals surface area contributed by atoms with E-state index in [4.69, 9.17) is 4.74 Å². The van der Waals surface area contributed by atoms with Crippen molar-refractivity contribution in [3.05, 3.63) is 0 Å². The Hall–Kier alpha value is -1.06. The Morgan fingerprint density at radius 2 is 1.73 bits per heavy atom. The Balaban J connectivity index is 1.97. The molecule has 0 heterocycles. The zero-order chi connectivity index (χ0) is 18.9. The summed E-state index contributed by atoms with van der Waals surface area (Å²) in [6.45, 7) is 5.04. The van der Waals surface area contributed by atoms with E-state index in [0.717, 1.165) is 25.2 Å². The number of amides is 1. The minimum absolute atomic E-state index is 0.166. The van der Waals surface area contributed by atoms with E-state index >= 15 is 0 Å². The van der Waals surface area contributed by atoms with Crippen LogP contribution in [0.4, 0.5) is 0 Å². The summed E-state index contributed by atoms with van der Waals surface area (Å²) in [6.07, 6.45) is 13.4. The Morgan fingerprint density at radius 1 is 1.04 bits per heavy atom. The minimum atomic E-state index is -0.213. The van der Waals surface area contributed by atoms with Gasteiger partial charge in [0.15, 0.2) is 0 Å². The van der Waals surface area contributed by atoms with Crippen molar-refractivity contribution in [2.75, 3.05) is 13.7 Å². The maximum atomic E-state index is 13.3. The van der Waals surface area contributed by atoms with Crippen LogP contribution in [-0.2, 0) is 14.3 Å². The first-order valence-electron chi connectivity index (χ1n) is 10.9. The highest BCUT2D eigenvalue weighted by molar-refractivity contribution is 5.80. The van der Waals surface area contributed by atoms with Gasteiger partial charge in [-0.15, -0.1) is 0 Å². The van der Waals surface area contributed by atoms with Crippen molar-refractivity contribution in [1.82, 2.24) is 4.90 Å². The molecule has 0 saturated heterocycles. The lowest BCUT2D eigenvalue weighted by Gasteiger charge is -2.41. The first-order valence-corrected chi connectivity index (χ1v) is 10.9. The van der Waals surface area contributed by atoms with E-state index in [2.05, 4.69) is 18.7 Å². The van der Waals surface area contributed by atoms with Crippen LogP contribution in [0.1, 0.15) is 90.9 Å². The molecule has 0 spiro atoms. The topological polar surface area (TPSA) is 46.6 Å². The average molecular weight is 366 g/mol. The average Bonchev–Trinajstić information content (AvgIpc) is 2.67. The van der Waals surface area contributed by atoms with E-state index in [1.165, 1.54) is 58.5 Å². The maximum Gasteiger partial charge on any atom is 0.307 e. The highest BCUT2D eigenvalue weighted by Gasteiger charge is 2.35. The molecule has 0 bridgehead atoms. The number of methoxy groups -OCH3 is 1. The zero-order valence-corrected chi connectivity index (χ0v) is 17.2. The van der Waals surface area contributed by atoms with E-state index in [0.29, 0.717) is 30.8 Å². The Labute approximate surface area is 160 Å². The van der Waals surface area contributed by atoms with E-state index in [1.54, 1.807) is 0 Å². The largest absolute Gasteiger partial charge is 0.469 e. The van der Waals surface area contributed by atoms with E-state index in [1.807, 2.05) is 0 Å². The summed E-state index contributed by atoms with van der Waals surface area (Å²) in [7, 11) is 1.43. The molecule has 2 unspecified atom stereocenters. The Bertz CT molecular complexity index is 443. The molecule has 2 aliphatic carbocycles. The normalized spacial score (nSPS) is 29.2. The summed E-state index contributed by atoms with van der Waals surface area (Å²) in [4.78, 5) is 27.1. The molecule has 2 fully saturated rings. The number of carbonyl (C=O) groups is 2. The smallest absolute Gasteiger partial charge is 0.307 e. The molecule has 0 aromatic heterocycles. The maximum absolute atomic E-state index is 13.3. The van der Waals surface area contributed by atoms with Crippen molar-refractivity contribution in [2.45, 2.75) is 96.9 Å². The van der Waals surface area contributed by atoms with Gasteiger partial charge in [0.1, 0.15) is 0 Å². The summed E-state index contributed by atoms with van der Waals surface area (Å²) < 4.78 is 4.81. The first kappa shape index (κ1) is 21.2.